The first-order chi connectivity index (χ1) is 16.7. The first-order valence-corrected chi connectivity index (χ1v) is 12.6. The molecule has 0 aliphatic carbocycles. The molecule has 0 unspecified atom stereocenters. The number of carbonyl (C=O) groups is 1. The van der Waals surface area contributed by atoms with E-state index in [0.29, 0.717) is 23.2 Å². The predicted octanol–water partition coefficient (Wildman–Crippen LogP) is 7.53. The van der Waals surface area contributed by atoms with E-state index in [2.05, 4.69) is 15.9 Å². The van der Waals surface area contributed by atoms with Crippen LogP contribution < -0.4 is 9.64 Å². The maximum atomic E-state index is 14.4. The van der Waals surface area contributed by atoms with Gasteiger partial charge in [-0.1, -0.05) is 94.0 Å². The summed E-state index contributed by atoms with van der Waals surface area (Å²) in [4.78, 5) is 21.1. The zero-order chi connectivity index (χ0) is 23.1. The van der Waals surface area contributed by atoms with Crippen LogP contribution in [0.25, 0.3) is 10.2 Å². The largest absolute Gasteiger partial charge is 0.457 e. The molecule has 166 valence electrons. The van der Waals surface area contributed by atoms with Crippen molar-refractivity contribution >= 4 is 48.5 Å². The Kier molecular flexibility index (Phi) is 5.40. The molecule has 0 spiro atoms. The highest BCUT2D eigenvalue weighted by Crippen LogP contribution is 2.45. The summed E-state index contributed by atoms with van der Waals surface area (Å²) in [6, 6.07) is 31.6. The highest BCUT2D eigenvalue weighted by Gasteiger charge is 2.36. The smallest absolute Gasteiger partial charge is 0.241 e. The second kappa shape index (κ2) is 8.70. The van der Waals surface area contributed by atoms with Crippen LogP contribution in [0.1, 0.15) is 22.6 Å². The van der Waals surface area contributed by atoms with Crippen LogP contribution in [0.4, 0.5) is 5.13 Å². The molecule has 0 saturated heterocycles. The first kappa shape index (κ1) is 21.1. The van der Waals surface area contributed by atoms with Crippen LogP contribution in [0.15, 0.2) is 102 Å². The van der Waals surface area contributed by atoms with Gasteiger partial charge in [0.1, 0.15) is 11.5 Å². The van der Waals surface area contributed by atoms with Crippen molar-refractivity contribution in [3.05, 3.63) is 118 Å². The summed E-state index contributed by atoms with van der Waals surface area (Å²) in [6.45, 7) is 0.433. The van der Waals surface area contributed by atoms with E-state index in [1.807, 2.05) is 102 Å². The van der Waals surface area contributed by atoms with Gasteiger partial charge in [-0.05, 0) is 35.9 Å². The van der Waals surface area contributed by atoms with Gasteiger partial charge in [-0.25, -0.2) is 4.98 Å². The molecule has 1 aliphatic rings. The molecule has 2 heterocycles. The molecular weight excluding hydrogens is 508 g/mol. The summed E-state index contributed by atoms with van der Waals surface area (Å²) >= 11 is 5.07. The lowest BCUT2D eigenvalue weighted by atomic mass is 9.87. The minimum Gasteiger partial charge on any atom is -0.457 e. The van der Waals surface area contributed by atoms with Gasteiger partial charge >= 0.3 is 0 Å². The van der Waals surface area contributed by atoms with Gasteiger partial charge in [0.2, 0.25) is 5.91 Å². The van der Waals surface area contributed by atoms with Gasteiger partial charge in [-0.3, -0.25) is 9.69 Å². The monoisotopic (exact) mass is 526 g/mol. The van der Waals surface area contributed by atoms with E-state index in [0.717, 1.165) is 31.4 Å². The van der Waals surface area contributed by atoms with E-state index in [1.54, 1.807) is 0 Å². The SMILES string of the molecule is O=C(C1c2ccccc2Oc2ccccc21)N(Cc1ccccc1)c1nc2ccc(Br)cc2s1. The van der Waals surface area contributed by atoms with Crippen molar-refractivity contribution in [2.24, 2.45) is 0 Å². The number of amides is 1. The van der Waals surface area contributed by atoms with Crippen molar-refractivity contribution in [2.75, 3.05) is 4.90 Å². The molecule has 0 radical (unpaired) electrons. The van der Waals surface area contributed by atoms with Crippen LogP contribution in [0, 0.1) is 0 Å². The molecule has 5 aromatic rings. The number of para-hydroxylation sites is 2. The van der Waals surface area contributed by atoms with Crippen LogP contribution in [0.2, 0.25) is 0 Å². The quantitative estimate of drug-likeness (QED) is 0.243. The number of rotatable bonds is 4. The molecule has 0 atom stereocenters. The number of hydrogen-bond acceptors (Lipinski definition) is 4. The highest BCUT2D eigenvalue weighted by molar-refractivity contribution is 9.10. The van der Waals surface area contributed by atoms with Crippen molar-refractivity contribution < 1.29 is 9.53 Å². The van der Waals surface area contributed by atoms with E-state index >= 15 is 0 Å². The number of carbonyl (C=O) groups excluding carboxylic acids is 1. The Morgan fingerprint density at radius 2 is 1.53 bits per heavy atom. The Balaban J connectivity index is 1.49. The summed E-state index contributed by atoms with van der Waals surface area (Å²) in [5.74, 6) is 0.925. The van der Waals surface area contributed by atoms with Crippen molar-refractivity contribution in [3.63, 3.8) is 0 Å². The molecule has 1 aromatic heterocycles. The summed E-state index contributed by atoms with van der Waals surface area (Å²) in [5, 5.41) is 0.684. The molecule has 6 rings (SSSR count). The number of thiazole rings is 1. The number of ether oxygens (including phenoxy) is 1. The number of aromatic nitrogens is 1. The zero-order valence-corrected chi connectivity index (χ0v) is 20.4. The fraction of sp³-hybridized carbons (Fsp3) is 0.0714. The molecule has 0 saturated carbocycles. The van der Waals surface area contributed by atoms with Crippen LogP contribution in [0.5, 0.6) is 11.5 Å². The lowest BCUT2D eigenvalue weighted by Gasteiger charge is -2.31. The maximum absolute atomic E-state index is 14.4. The topological polar surface area (TPSA) is 42.4 Å². The van der Waals surface area contributed by atoms with Gasteiger partial charge in [-0.2, -0.15) is 0 Å². The molecule has 6 heteroatoms. The Labute approximate surface area is 209 Å². The number of fused-ring (bicyclic) bond motifs is 3. The van der Waals surface area contributed by atoms with Gasteiger partial charge in [0, 0.05) is 15.6 Å². The summed E-state index contributed by atoms with van der Waals surface area (Å²) < 4.78 is 8.15. The van der Waals surface area contributed by atoms with Gasteiger partial charge in [0.05, 0.1) is 22.7 Å². The average Bonchev–Trinajstić information content (AvgIpc) is 3.29. The van der Waals surface area contributed by atoms with Crippen molar-refractivity contribution in [1.29, 1.82) is 0 Å². The molecular formula is C28H19BrN2O2S. The molecule has 4 nitrogen and oxygen atoms in total. The molecule has 0 N–H and O–H groups in total. The standard InChI is InChI=1S/C28H19BrN2O2S/c29-19-14-15-22-25(16-19)34-28(30-22)31(17-18-8-2-1-3-9-18)27(32)26-20-10-4-6-12-23(20)33-24-13-7-5-11-21(24)26/h1-16,26H,17H2. The van der Waals surface area contributed by atoms with Crippen LogP contribution >= 0.6 is 27.3 Å². The van der Waals surface area contributed by atoms with E-state index in [9.17, 15) is 4.79 Å². The lowest BCUT2D eigenvalue weighted by Crippen LogP contribution is -2.36. The number of hydrogen-bond donors (Lipinski definition) is 0. The number of anilines is 1. The van der Waals surface area contributed by atoms with Gasteiger partial charge < -0.3 is 4.74 Å². The Morgan fingerprint density at radius 1 is 0.882 bits per heavy atom. The van der Waals surface area contributed by atoms with E-state index in [4.69, 9.17) is 9.72 Å². The molecule has 0 fully saturated rings. The Hall–Kier alpha value is -3.48. The predicted molar refractivity (Wildman–Crippen MR) is 140 cm³/mol. The summed E-state index contributed by atoms with van der Waals surface area (Å²) in [5.41, 5.74) is 3.66. The Bertz CT molecular complexity index is 1470. The zero-order valence-electron chi connectivity index (χ0n) is 18.0. The maximum Gasteiger partial charge on any atom is 0.241 e. The molecule has 4 aromatic carbocycles. The molecule has 1 aliphatic heterocycles. The highest BCUT2D eigenvalue weighted by atomic mass is 79.9. The first-order valence-electron chi connectivity index (χ1n) is 10.9. The fourth-order valence-electron chi connectivity index (χ4n) is 4.34. The molecule has 0 bridgehead atoms. The third-order valence-electron chi connectivity index (χ3n) is 5.95. The van der Waals surface area contributed by atoms with Gasteiger partial charge in [-0.15, -0.1) is 0 Å². The fourth-order valence-corrected chi connectivity index (χ4v) is 5.86. The van der Waals surface area contributed by atoms with Crippen molar-refractivity contribution in [2.45, 2.75) is 12.5 Å². The average molecular weight is 527 g/mol. The van der Waals surface area contributed by atoms with Crippen LogP contribution in [-0.4, -0.2) is 10.9 Å². The summed E-state index contributed by atoms with van der Waals surface area (Å²) in [6.07, 6.45) is 0. The Morgan fingerprint density at radius 3 is 2.24 bits per heavy atom. The van der Waals surface area contributed by atoms with Crippen LogP contribution in [0.3, 0.4) is 0 Å². The number of nitrogens with zero attached hydrogens (tertiary/aromatic N) is 2. The number of halogens is 1. The molecule has 34 heavy (non-hydrogen) atoms. The van der Waals surface area contributed by atoms with E-state index < -0.39 is 5.92 Å². The minimum absolute atomic E-state index is 0.0230. The van der Waals surface area contributed by atoms with E-state index in [1.165, 1.54) is 11.3 Å². The van der Waals surface area contributed by atoms with Crippen LogP contribution in [-0.2, 0) is 11.3 Å². The lowest BCUT2D eigenvalue weighted by molar-refractivity contribution is -0.119. The minimum atomic E-state index is -0.483. The second-order valence-corrected chi connectivity index (χ2v) is 10.1. The van der Waals surface area contributed by atoms with E-state index in [-0.39, 0.29) is 5.91 Å². The van der Waals surface area contributed by atoms with Crippen molar-refractivity contribution in [1.82, 2.24) is 4.98 Å². The number of benzene rings is 4. The molecule has 1 amide bonds. The third kappa shape index (κ3) is 3.79. The van der Waals surface area contributed by atoms with Crippen molar-refractivity contribution in [3.8, 4) is 11.5 Å². The normalized spacial score (nSPS) is 12.6. The van der Waals surface area contributed by atoms with Gasteiger partial charge in [0.25, 0.3) is 0 Å². The van der Waals surface area contributed by atoms with Gasteiger partial charge in [0.15, 0.2) is 5.13 Å². The summed E-state index contributed by atoms with van der Waals surface area (Å²) in [7, 11) is 0. The second-order valence-electron chi connectivity index (χ2n) is 8.13. The third-order valence-corrected chi connectivity index (χ3v) is 7.48.